The molecule has 4 nitrogen and oxygen atoms in total. The largest absolute Gasteiger partial charge is 1.00 e. The highest BCUT2D eigenvalue weighted by atomic mass is 127. The van der Waals surface area contributed by atoms with Crippen molar-refractivity contribution in [2.24, 2.45) is 0 Å². The van der Waals surface area contributed by atoms with Crippen LogP contribution in [0.15, 0.2) is 59.1 Å². The molecule has 1 N–H and O–H groups in total. The molecule has 0 unspecified atom stereocenters. The van der Waals surface area contributed by atoms with E-state index >= 15 is 0 Å². The predicted molar refractivity (Wildman–Crippen MR) is 87.7 cm³/mol. The number of halogens is 1. The fraction of sp³-hybridized carbons (Fsp3) is 0.167. The van der Waals surface area contributed by atoms with Crippen molar-refractivity contribution >= 4 is 22.9 Å². The zero-order valence-electron chi connectivity index (χ0n) is 13.1. The quantitative estimate of drug-likeness (QED) is 0.489. The zero-order valence-corrected chi connectivity index (χ0v) is 15.3. The lowest BCUT2D eigenvalue weighted by Crippen LogP contribution is -3.00. The maximum Gasteiger partial charge on any atom is 0.375 e. The van der Waals surface area contributed by atoms with Crippen molar-refractivity contribution in [1.82, 2.24) is 0 Å². The lowest BCUT2D eigenvalue weighted by molar-refractivity contribution is -0.674. The molecule has 0 saturated heterocycles. The molecule has 5 heteroatoms. The first-order chi connectivity index (χ1) is 10.8. The number of benzene rings is 2. The summed E-state index contributed by atoms with van der Waals surface area (Å²) in [6.45, 7) is 2.92. The summed E-state index contributed by atoms with van der Waals surface area (Å²) in [5, 5.41) is 3.23. The molecule has 23 heavy (non-hydrogen) atoms. The number of rotatable bonds is 5. The van der Waals surface area contributed by atoms with E-state index in [4.69, 9.17) is 9.15 Å². The van der Waals surface area contributed by atoms with Crippen LogP contribution in [0.4, 0.5) is 5.69 Å². The summed E-state index contributed by atoms with van der Waals surface area (Å²) < 4.78 is 13.3. The minimum Gasteiger partial charge on any atom is -1.00 e. The van der Waals surface area contributed by atoms with Crippen molar-refractivity contribution < 1.29 is 37.7 Å². The van der Waals surface area contributed by atoms with Gasteiger partial charge in [-0.05, 0) is 31.2 Å². The number of ether oxygens (including phenoxy) is 1. The summed E-state index contributed by atoms with van der Waals surface area (Å²) in [4.78, 5) is 0. The third-order valence-corrected chi connectivity index (χ3v) is 3.50. The molecular weight excluding hydrogens is 403 g/mol. The van der Waals surface area contributed by atoms with Crippen LogP contribution in [-0.2, 0) is 6.54 Å². The molecule has 0 aliphatic carbocycles. The van der Waals surface area contributed by atoms with Crippen LogP contribution in [0.5, 0.6) is 5.75 Å². The number of hydrogen-bond acceptors (Lipinski definition) is 3. The molecule has 2 aromatic carbocycles. The van der Waals surface area contributed by atoms with Crippen LogP contribution in [-0.4, -0.2) is 7.11 Å². The van der Waals surface area contributed by atoms with Gasteiger partial charge in [-0.25, -0.2) is 0 Å². The average molecular weight is 422 g/mol. The van der Waals surface area contributed by atoms with Crippen molar-refractivity contribution in [3.05, 3.63) is 60.6 Å². The van der Waals surface area contributed by atoms with Gasteiger partial charge in [-0.1, -0.05) is 18.2 Å². The van der Waals surface area contributed by atoms with Crippen molar-refractivity contribution in [3.8, 4) is 5.75 Å². The van der Waals surface area contributed by atoms with Crippen molar-refractivity contribution in [1.29, 1.82) is 0 Å². The van der Waals surface area contributed by atoms with Crippen LogP contribution >= 0.6 is 0 Å². The predicted octanol–water partition coefficient (Wildman–Crippen LogP) is 0.836. The summed E-state index contributed by atoms with van der Waals surface area (Å²) in [5.41, 5.74) is 2.92. The summed E-state index contributed by atoms with van der Waals surface area (Å²) in [5.74, 6) is 1.63. The van der Waals surface area contributed by atoms with Crippen LogP contribution < -0.4 is 38.6 Å². The standard InChI is InChI=1S/C18H18N2O2.HI/c1-3-20-16-13-15(21-2)9-10-17(16)22-18(20)11-12-19-14-7-5-4-6-8-14;/h4-13H,3H2,1-2H3;1H. The lowest BCUT2D eigenvalue weighted by atomic mass is 10.3. The van der Waals surface area contributed by atoms with Gasteiger partial charge in [0.2, 0.25) is 5.58 Å². The Hall–Kier alpha value is -2.02. The smallest absolute Gasteiger partial charge is 0.375 e. The van der Waals surface area contributed by atoms with Gasteiger partial charge in [-0.15, -0.1) is 0 Å². The molecular formula is C18H19IN2O2. The lowest BCUT2D eigenvalue weighted by Gasteiger charge is -1.97. The van der Waals surface area contributed by atoms with Crippen molar-refractivity contribution in [2.45, 2.75) is 13.5 Å². The van der Waals surface area contributed by atoms with E-state index in [0.717, 1.165) is 35.0 Å². The number of aromatic nitrogens is 1. The third kappa shape index (κ3) is 3.85. The molecule has 120 valence electrons. The summed E-state index contributed by atoms with van der Waals surface area (Å²) in [7, 11) is 1.67. The fourth-order valence-corrected chi connectivity index (χ4v) is 2.40. The highest BCUT2D eigenvalue weighted by Crippen LogP contribution is 2.20. The van der Waals surface area contributed by atoms with Gasteiger partial charge >= 0.3 is 5.89 Å². The van der Waals surface area contributed by atoms with E-state index < -0.39 is 0 Å². The topological polar surface area (TPSA) is 38.3 Å². The SMILES string of the molecule is CC[n+]1c(/C=C/Nc2ccccc2)oc2ccc(OC)cc21.[I-]. The molecule has 0 radical (unpaired) electrons. The van der Waals surface area contributed by atoms with Gasteiger partial charge in [-0.3, -0.25) is 0 Å². The number of methoxy groups -OCH3 is 1. The van der Waals surface area contributed by atoms with E-state index in [0.29, 0.717) is 0 Å². The number of hydrogen-bond donors (Lipinski definition) is 1. The van der Waals surface area contributed by atoms with Crippen LogP contribution in [0.3, 0.4) is 0 Å². The van der Waals surface area contributed by atoms with E-state index in [1.807, 2.05) is 60.8 Å². The summed E-state index contributed by atoms with van der Waals surface area (Å²) in [6.07, 6.45) is 3.82. The van der Waals surface area contributed by atoms with Gasteiger partial charge in [-0.2, -0.15) is 4.57 Å². The second kappa shape index (κ2) is 8.01. The first-order valence-corrected chi connectivity index (χ1v) is 7.30. The Morgan fingerprint density at radius 1 is 1.17 bits per heavy atom. The molecule has 3 aromatic rings. The number of aryl methyl sites for hydroxylation is 1. The highest BCUT2D eigenvalue weighted by Gasteiger charge is 2.19. The fourth-order valence-electron chi connectivity index (χ4n) is 2.40. The second-order valence-corrected chi connectivity index (χ2v) is 4.86. The van der Waals surface area contributed by atoms with Crippen LogP contribution in [0, 0.1) is 0 Å². The molecule has 0 spiro atoms. The zero-order chi connectivity index (χ0) is 15.4. The number of fused-ring (bicyclic) bond motifs is 1. The Morgan fingerprint density at radius 3 is 2.65 bits per heavy atom. The number of nitrogens with zero attached hydrogens (tertiary/aromatic N) is 1. The molecule has 1 aromatic heterocycles. The van der Waals surface area contributed by atoms with Gasteiger partial charge in [0.05, 0.1) is 19.3 Å². The Bertz CT molecular complexity index is 797. The van der Waals surface area contributed by atoms with Gasteiger partial charge in [0.1, 0.15) is 12.3 Å². The van der Waals surface area contributed by atoms with E-state index in [2.05, 4.69) is 16.8 Å². The second-order valence-electron chi connectivity index (χ2n) is 4.86. The van der Waals surface area contributed by atoms with Crippen LogP contribution in [0.25, 0.3) is 17.2 Å². The Kier molecular flexibility index (Phi) is 6.04. The Morgan fingerprint density at radius 2 is 1.96 bits per heavy atom. The molecule has 3 rings (SSSR count). The van der Waals surface area contributed by atoms with Gasteiger partial charge < -0.3 is 38.4 Å². The Labute approximate surface area is 152 Å². The minimum absolute atomic E-state index is 0. The van der Waals surface area contributed by atoms with Gasteiger partial charge in [0.15, 0.2) is 0 Å². The van der Waals surface area contributed by atoms with E-state index in [9.17, 15) is 0 Å². The highest BCUT2D eigenvalue weighted by molar-refractivity contribution is 5.72. The van der Waals surface area contributed by atoms with Crippen LogP contribution in [0.2, 0.25) is 0 Å². The normalized spacial score (nSPS) is 10.7. The maximum absolute atomic E-state index is 5.91. The van der Waals surface area contributed by atoms with Gasteiger partial charge in [0, 0.05) is 11.9 Å². The summed E-state index contributed by atoms with van der Waals surface area (Å²) >= 11 is 0. The molecule has 0 saturated carbocycles. The number of para-hydroxylation sites is 1. The monoisotopic (exact) mass is 422 g/mol. The van der Waals surface area contributed by atoms with Crippen molar-refractivity contribution in [2.75, 3.05) is 12.4 Å². The first kappa shape index (κ1) is 17.3. The molecule has 0 aliphatic heterocycles. The van der Waals surface area contributed by atoms with Crippen LogP contribution in [0.1, 0.15) is 12.8 Å². The summed E-state index contributed by atoms with van der Waals surface area (Å²) in [6, 6.07) is 15.8. The first-order valence-electron chi connectivity index (χ1n) is 7.30. The van der Waals surface area contributed by atoms with E-state index in [-0.39, 0.29) is 24.0 Å². The molecule has 0 aliphatic rings. The number of oxazole rings is 1. The molecule has 1 heterocycles. The van der Waals surface area contributed by atoms with E-state index in [1.54, 1.807) is 7.11 Å². The minimum atomic E-state index is 0. The molecule has 0 bridgehead atoms. The van der Waals surface area contributed by atoms with E-state index in [1.165, 1.54) is 0 Å². The third-order valence-electron chi connectivity index (χ3n) is 3.50. The number of anilines is 1. The van der Waals surface area contributed by atoms with Gasteiger partial charge in [0.25, 0.3) is 5.52 Å². The van der Waals surface area contributed by atoms with Crippen molar-refractivity contribution in [3.63, 3.8) is 0 Å². The Balaban J connectivity index is 0.00000192. The average Bonchev–Trinajstić information content (AvgIpc) is 2.92. The number of nitrogens with one attached hydrogen (secondary N) is 1. The molecule has 0 atom stereocenters. The molecule has 0 amide bonds. The maximum atomic E-state index is 5.91. The molecule has 0 fully saturated rings.